The Labute approximate surface area is 144 Å². The Morgan fingerprint density at radius 3 is 2.44 bits per heavy atom. The summed E-state index contributed by atoms with van der Waals surface area (Å²) >= 11 is 0. The minimum absolute atomic E-state index is 0.155. The average molecular weight is 338 g/mol. The molecule has 25 heavy (non-hydrogen) atoms. The molecule has 0 unspecified atom stereocenters. The number of aromatic amines is 1. The highest BCUT2D eigenvalue weighted by Gasteiger charge is 2.15. The van der Waals surface area contributed by atoms with Crippen molar-refractivity contribution in [2.24, 2.45) is 10.2 Å². The third-order valence-corrected chi connectivity index (χ3v) is 3.66. The molecule has 3 aromatic rings. The number of ether oxygens (including phenoxy) is 1. The monoisotopic (exact) mass is 338 g/mol. The predicted molar refractivity (Wildman–Crippen MR) is 94.7 cm³/mol. The second-order valence-corrected chi connectivity index (χ2v) is 5.28. The zero-order valence-corrected chi connectivity index (χ0v) is 13.7. The zero-order valence-electron chi connectivity index (χ0n) is 13.7. The molecule has 0 aliphatic rings. The van der Waals surface area contributed by atoms with E-state index in [0.29, 0.717) is 17.1 Å². The van der Waals surface area contributed by atoms with Crippen molar-refractivity contribution >= 4 is 11.4 Å². The van der Waals surface area contributed by atoms with Crippen molar-refractivity contribution < 1.29 is 9.84 Å². The van der Waals surface area contributed by atoms with E-state index in [-0.39, 0.29) is 24.4 Å². The van der Waals surface area contributed by atoms with Gasteiger partial charge in [0.2, 0.25) is 0 Å². The van der Waals surface area contributed by atoms with Crippen LogP contribution in [0.2, 0.25) is 0 Å². The molecule has 7 heteroatoms. The lowest BCUT2D eigenvalue weighted by atomic mass is 10.1. The lowest BCUT2D eigenvalue weighted by Crippen LogP contribution is -2.18. The minimum atomic E-state index is -0.334. The van der Waals surface area contributed by atoms with Crippen LogP contribution in [0.5, 0.6) is 5.75 Å². The van der Waals surface area contributed by atoms with E-state index < -0.39 is 0 Å². The number of nitrogens with one attached hydrogen (secondary N) is 1. The van der Waals surface area contributed by atoms with Crippen LogP contribution in [-0.2, 0) is 6.54 Å². The molecule has 0 aliphatic heterocycles. The van der Waals surface area contributed by atoms with Gasteiger partial charge in [-0.25, -0.2) is 4.68 Å². The minimum Gasteiger partial charge on any atom is -0.497 e. The first kappa shape index (κ1) is 16.7. The highest BCUT2D eigenvalue weighted by molar-refractivity contribution is 5.71. The SMILES string of the molecule is COc1ccc(-c2[nH]n(CCO)c(=O)c2N=Nc2ccccc2)cc1. The van der Waals surface area contributed by atoms with Gasteiger partial charge in [-0.1, -0.05) is 18.2 Å². The first-order valence-corrected chi connectivity index (χ1v) is 7.78. The lowest BCUT2D eigenvalue weighted by Gasteiger charge is -2.02. The van der Waals surface area contributed by atoms with Crippen LogP contribution in [0.15, 0.2) is 69.6 Å². The second-order valence-electron chi connectivity index (χ2n) is 5.28. The second kappa shape index (κ2) is 7.59. The molecule has 3 rings (SSSR count). The molecule has 0 aliphatic carbocycles. The number of rotatable bonds is 6. The Bertz CT molecular complexity index is 912. The maximum Gasteiger partial charge on any atom is 0.295 e. The van der Waals surface area contributed by atoms with Crippen LogP contribution in [0.1, 0.15) is 0 Å². The summed E-state index contributed by atoms with van der Waals surface area (Å²) in [6.07, 6.45) is 0. The molecule has 1 aromatic heterocycles. The molecule has 0 amide bonds. The maximum absolute atomic E-state index is 12.5. The van der Waals surface area contributed by atoms with Crippen molar-refractivity contribution in [1.29, 1.82) is 0 Å². The van der Waals surface area contributed by atoms with E-state index in [1.807, 2.05) is 30.3 Å². The van der Waals surface area contributed by atoms with Gasteiger partial charge >= 0.3 is 0 Å². The number of methoxy groups -OCH3 is 1. The average Bonchev–Trinajstić information content (AvgIpc) is 2.97. The van der Waals surface area contributed by atoms with Crippen LogP contribution >= 0.6 is 0 Å². The van der Waals surface area contributed by atoms with Crippen LogP contribution in [0.3, 0.4) is 0 Å². The Hall–Kier alpha value is -3.19. The largest absolute Gasteiger partial charge is 0.497 e. The quantitative estimate of drug-likeness (QED) is 0.676. The molecule has 0 spiro atoms. The summed E-state index contributed by atoms with van der Waals surface area (Å²) in [7, 11) is 1.59. The van der Waals surface area contributed by atoms with Gasteiger partial charge in [-0.15, -0.1) is 5.11 Å². The van der Waals surface area contributed by atoms with Gasteiger partial charge in [0.15, 0.2) is 5.69 Å². The van der Waals surface area contributed by atoms with E-state index in [2.05, 4.69) is 15.3 Å². The normalized spacial score (nSPS) is 11.1. The molecular weight excluding hydrogens is 320 g/mol. The number of hydrogen-bond donors (Lipinski definition) is 2. The smallest absolute Gasteiger partial charge is 0.295 e. The molecule has 1 heterocycles. The van der Waals surface area contributed by atoms with E-state index >= 15 is 0 Å². The fraction of sp³-hybridized carbons (Fsp3) is 0.167. The number of nitrogens with zero attached hydrogens (tertiary/aromatic N) is 3. The summed E-state index contributed by atoms with van der Waals surface area (Å²) in [6, 6.07) is 16.4. The van der Waals surface area contributed by atoms with Gasteiger partial charge in [0.1, 0.15) is 5.75 Å². The zero-order chi connectivity index (χ0) is 17.6. The fourth-order valence-corrected chi connectivity index (χ4v) is 2.39. The number of benzene rings is 2. The van der Waals surface area contributed by atoms with Crippen molar-refractivity contribution in [3.05, 3.63) is 65.0 Å². The summed E-state index contributed by atoms with van der Waals surface area (Å²) in [4.78, 5) is 12.5. The predicted octanol–water partition coefficient (Wildman–Crippen LogP) is 3.26. The van der Waals surface area contributed by atoms with Gasteiger partial charge in [0, 0.05) is 5.56 Å². The Balaban J connectivity index is 2.05. The third-order valence-electron chi connectivity index (χ3n) is 3.66. The first-order chi connectivity index (χ1) is 12.2. The highest BCUT2D eigenvalue weighted by Crippen LogP contribution is 2.28. The van der Waals surface area contributed by atoms with Crippen LogP contribution in [-0.4, -0.2) is 28.6 Å². The Kier molecular flexibility index (Phi) is 5.06. The van der Waals surface area contributed by atoms with Gasteiger partial charge in [-0.3, -0.25) is 9.89 Å². The number of aliphatic hydroxyl groups excluding tert-OH is 1. The molecule has 0 radical (unpaired) electrons. The third kappa shape index (κ3) is 3.67. The summed E-state index contributed by atoms with van der Waals surface area (Å²) in [5.41, 5.74) is 1.83. The molecule has 0 atom stereocenters. The number of aromatic nitrogens is 2. The van der Waals surface area contributed by atoms with Gasteiger partial charge in [0.25, 0.3) is 5.56 Å². The van der Waals surface area contributed by atoms with Crippen molar-refractivity contribution in [2.75, 3.05) is 13.7 Å². The fourth-order valence-electron chi connectivity index (χ4n) is 2.39. The molecular formula is C18H18N4O3. The van der Waals surface area contributed by atoms with E-state index in [1.54, 1.807) is 31.4 Å². The standard InChI is InChI=1S/C18H18N4O3/c1-25-15-9-7-13(8-10-15)16-17(18(24)22(21-16)11-12-23)20-19-14-5-3-2-4-6-14/h2-10,21,23H,11-12H2,1H3. The maximum atomic E-state index is 12.5. The topological polar surface area (TPSA) is 92.0 Å². The summed E-state index contributed by atoms with van der Waals surface area (Å²) in [6.45, 7) is 0.000581. The van der Waals surface area contributed by atoms with Crippen LogP contribution in [0.25, 0.3) is 11.3 Å². The molecule has 2 aromatic carbocycles. The number of H-pyrrole nitrogens is 1. The summed E-state index contributed by atoms with van der Waals surface area (Å²) in [5.74, 6) is 0.716. The van der Waals surface area contributed by atoms with Crippen LogP contribution in [0.4, 0.5) is 11.4 Å². The first-order valence-electron chi connectivity index (χ1n) is 7.78. The van der Waals surface area contributed by atoms with Gasteiger partial charge in [-0.05, 0) is 36.4 Å². The van der Waals surface area contributed by atoms with E-state index in [1.165, 1.54) is 4.68 Å². The molecule has 0 saturated heterocycles. The van der Waals surface area contributed by atoms with Crippen molar-refractivity contribution in [3.63, 3.8) is 0 Å². The number of aliphatic hydroxyl groups is 1. The van der Waals surface area contributed by atoms with Gasteiger partial charge in [-0.2, -0.15) is 5.11 Å². The summed E-state index contributed by atoms with van der Waals surface area (Å²) < 4.78 is 6.47. The number of azo groups is 1. The van der Waals surface area contributed by atoms with E-state index in [0.717, 1.165) is 5.56 Å². The summed E-state index contributed by atoms with van der Waals surface area (Å²) in [5, 5.41) is 20.4. The van der Waals surface area contributed by atoms with E-state index in [4.69, 9.17) is 9.84 Å². The molecule has 128 valence electrons. The lowest BCUT2D eigenvalue weighted by molar-refractivity contribution is 0.267. The van der Waals surface area contributed by atoms with Gasteiger partial charge < -0.3 is 9.84 Å². The number of hydrogen-bond acceptors (Lipinski definition) is 5. The Morgan fingerprint density at radius 2 is 1.80 bits per heavy atom. The molecule has 2 N–H and O–H groups in total. The molecule has 0 bridgehead atoms. The molecule has 0 saturated carbocycles. The van der Waals surface area contributed by atoms with Crippen molar-refractivity contribution in [2.45, 2.75) is 6.54 Å². The molecule has 0 fully saturated rings. The molecule has 7 nitrogen and oxygen atoms in total. The van der Waals surface area contributed by atoms with Crippen molar-refractivity contribution in [3.8, 4) is 17.0 Å². The van der Waals surface area contributed by atoms with Crippen LogP contribution < -0.4 is 10.3 Å². The highest BCUT2D eigenvalue weighted by atomic mass is 16.5. The van der Waals surface area contributed by atoms with Crippen LogP contribution in [0, 0.1) is 0 Å². The Morgan fingerprint density at radius 1 is 1.08 bits per heavy atom. The van der Waals surface area contributed by atoms with Crippen molar-refractivity contribution in [1.82, 2.24) is 9.78 Å². The van der Waals surface area contributed by atoms with E-state index in [9.17, 15) is 4.79 Å². The van der Waals surface area contributed by atoms with Gasteiger partial charge in [0.05, 0.1) is 31.6 Å².